The first-order valence-corrected chi connectivity index (χ1v) is 21.2. The topological polar surface area (TPSA) is 30.7 Å². The van der Waals surface area contributed by atoms with Crippen LogP contribution in [0.3, 0.4) is 0 Å². The maximum Gasteiger partial charge on any atom is 0.0799 e. The van der Waals surface area contributed by atoms with E-state index in [-0.39, 0.29) is 25.7 Å². The van der Waals surface area contributed by atoms with Crippen molar-refractivity contribution in [2.24, 2.45) is 0 Å². The molecule has 0 bridgehead atoms. The Kier molecular flexibility index (Phi) is 9.16. The number of aryl methyl sites for hydroxylation is 3. The molecule has 8 rings (SSSR count). The van der Waals surface area contributed by atoms with Gasteiger partial charge in [-0.1, -0.05) is 111 Å². The third-order valence-electron chi connectivity index (χ3n) is 9.13. The number of hydrogen-bond donors (Lipinski definition) is 0. The van der Waals surface area contributed by atoms with Crippen molar-refractivity contribution >= 4 is 55.8 Å². The molecule has 0 aliphatic heterocycles. The maximum absolute atomic E-state index is 8.48. The van der Waals surface area contributed by atoms with Crippen LogP contribution in [0.2, 0.25) is 19.6 Å². The van der Waals surface area contributed by atoms with Gasteiger partial charge in [0, 0.05) is 42.2 Å². The smallest absolute Gasteiger partial charge is 0.0799 e. The van der Waals surface area contributed by atoms with Gasteiger partial charge in [0.2, 0.25) is 0 Å². The fraction of sp³-hybridized carbons (Fsp3) is 0.200. The number of benzene rings is 5. The van der Waals surface area contributed by atoms with Crippen molar-refractivity contribution in [3.8, 4) is 28.3 Å². The Morgan fingerprint density at radius 1 is 0.863 bits per heavy atom. The number of hydrogen-bond acceptors (Lipinski definition) is 3. The number of nitrogens with zero attached hydrogens (tertiary/aromatic N) is 3. The molecule has 0 spiro atoms. The molecule has 0 aliphatic rings. The number of thiophene rings is 1. The molecule has 0 saturated heterocycles. The van der Waals surface area contributed by atoms with E-state index in [1.807, 2.05) is 43.5 Å². The monoisotopic (exact) mass is 882 g/mol. The van der Waals surface area contributed by atoms with Gasteiger partial charge in [-0.2, -0.15) is 11.3 Å². The minimum atomic E-state index is -2.13. The quantitative estimate of drug-likeness (QED) is 0.127. The summed E-state index contributed by atoms with van der Waals surface area (Å²) in [5.41, 5.74) is 9.59. The molecule has 6 heteroatoms. The van der Waals surface area contributed by atoms with E-state index in [9.17, 15) is 0 Å². The zero-order valence-electron chi connectivity index (χ0n) is 34.0. The van der Waals surface area contributed by atoms with Gasteiger partial charge >= 0.3 is 0 Å². The van der Waals surface area contributed by atoms with Crippen molar-refractivity contribution < 1.29 is 25.6 Å². The number of imidazole rings is 1. The first-order valence-electron chi connectivity index (χ1n) is 18.9. The Morgan fingerprint density at radius 3 is 2.31 bits per heavy atom. The first-order chi connectivity index (χ1) is 25.5. The van der Waals surface area contributed by atoms with Crippen LogP contribution in [-0.2, 0) is 20.1 Å². The molecule has 0 saturated carbocycles. The van der Waals surface area contributed by atoms with Crippen LogP contribution < -0.4 is 5.19 Å². The van der Waals surface area contributed by atoms with Gasteiger partial charge in [-0.25, -0.2) is 0 Å². The maximum atomic E-state index is 8.48. The molecule has 5 aromatic carbocycles. The predicted octanol–water partition coefficient (Wildman–Crippen LogP) is 12.0. The average Bonchev–Trinajstić information content (AvgIpc) is 3.70. The van der Waals surface area contributed by atoms with Crippen LogP contribution in [0.4, 0.5) is 0 Å². The number of aromatic nitrogens is 3. The van der Waals surface area contributed by atoms with Crippen molar-refractivity contribution in [1.29, 1.82) is 0 Å². The second-order valence-electron chi connectivity index (χ2n) is 14.0. The van der Waals surface area contributed by atoms with Crippen LogP contribution >= 0.6 is 11.3 Å². The van der Waals surface area contributed by atoms with E-state index in [1.54, 1.807) is 12.1 Å². The number of fused-ring (bicyclic) bond motifs is 4. The van der Waals surface area contributed by atoms with Crippen LogP contribution in [0.5, 0.6) is 0 Å². The van der Waals surface area contributed by atoms with Crippen molar-refractivity contribution in [3.05, 3.63) is 144 Å². The molecule has 51 heavy (non-hydrogen) atoms. The molecule has 1 radical (unpaired) electrons. The van der Waals surface area contributed by atoms with Crippen LogP contribution in [-0.4, -0.2) is 22.6 Å². The van der Waals surface area contributed by atoms with Gasteiger partial charge in [-0.15, -0.1) is 53.6 Å². The second kappa shape index (κ2) is 14.8. The summed E-state index contributed by atoms with van der Waals surface area (Å²) in [6.45, 7) is 12.7. The van der Waals surface area contributed by atoms with Crippen LogP contribution in [0.25, 0.3) is 59.5 Å². The average molecular weight is 882 g/mol. The summed E-state index contributed by atoms with van der Waals surface area (Å²) in [5.74, 6) is 0.233. The zero-order valence-corrected chi connectivity index (χ0v) is 34.2. The molecule has 0 aliphatic carbocycles. The van der Waals surface area contributed by atoms with Crippen molar-refractivity contribution in [2.75, 3.05) is 0 Å². The summed E-state index contributed by atoms with van der Waals surface area (Å²) >= 11 is 1.82. The number of pyridine rings is 1. The Hall–Kier alpha value is -4.19. The minimum absolute atomic E-state index is 0. The Morgan fingerprint density at radius 2 is 1.61 bits per heavy atom. The summed E-state index contributed by atoms with van der Waals surface area (Å²) in [4.78, 5) is 9.66. The molecule has 0 amide bonds. The fourth-order valence-electron chi connectivity index (χ4n) is 6.63. The van der Waals surface area contributed by atoms with E-state index in [2.05, 4.69) is 128 Å². The normalized spacial score (nSPS) is 13.2. The molecule has 0 atom stereocenters. The van der Waals surface area contributed by atoms with Gasteiger partial charge < -0.3 is 9.55 Å². The van der Waals surface area contributed by atoms with Gasteiger partial charge in [-0.05, 0) is 70.0 Å². The van der Waals surface area contributed by atoms with E-state index >= 15 is 0 Å². The van der Waals surface area contributed by atoms with Gasteiger partial charge in [0.25, 0.3) is 0 Å². The molecule has 3 aromatic heterocycles. The van der Waals surface area contributed by atoms with Crippen LogP contribution in [0.1, 0.15) is 47.5 Å². The molecular weight excluding hydrogens is 835 g/mol. The Bertz CT molecular complexity index is 2630. The SMILES string of the molecule is Cc1cccc(C)c1-n1c(-c2[c-]ccc3c2sc2ccccc23)nc2ccccc21.[2H]C([2H])([2H])c1c[c-]c(-c2cc(C([2H])(C)C)c([Si](C)(C)C)cn2)cc1.[Ir]. The molecule has 259 valence electrons. The Labute approximate surface area is 326 Å². The minimum Gasteiger partial charge on any atom is -0.333 e. The van der Waals surface area contributed by atoms with Crippen molar-refractivity contribution in [1.82, 2.24) is 14.5 Å². The van der Waals surface area contributed by atoms with Crippen LogP contribution in [0, 0.1) is 32.8 Å². The van der Waals surface area contributed by atoms with Gasteiger partial charge in [-0.3, -0.25) is 4.98 Å². The third kappa shape index (κ3) is 7.16. The molecule has 0 N–H and O–H groups in total. The Balaban J connectivity index is 0.000000189. The molecule has 8 aromatic rings. The molecular formula is C45H43IrN3SSi-2. The van der Waals surface area contributed by atoms with Gasteiger partial charge in [0.1, 0.15) is 0 Å². The van der Waals surface area contributed by atoms with Crippen molar-refractivity contribution in [2.45, 2.75) is 60.1 Å². The van der Waals surface area contributed by atoms with E-state index in [1.165, 1.54) is 48.2 Å². The summed E-state index contributed by atoms with van der Waals surface area (Å²) in [7, 11) is -1.61. The summed E-state index contributed by atoms with van der Waals surface area (Å²) in [6, 6.07) is 41.0. The van der Waals surface area contributed by atoms with Gasteiger partial charge in [0.05, 0.1) is 24.9 Å². The first kappa shape index (κ1) is 31.5. The molecule has 3 nitrogen and oxygen atoms in total. The van der Waals surface area contributed by atoms with E-state index < -0.39 is 20.8 Å². The van der Waals surface area contributed by atoms with Gasteiger partial charge in [0.15, 0.2) is 0 Å². The molecule has 3 heterocycles. The summed E-state index contributed by atoms with van der Waals surface area (Å²) in [5, 5.41) is 3.75. The molecule has 0 unspecified atom stereocenters. The largest absolute Gasteiger partial charge is 0.333 e. The van der Waals surface area contributed by atoms with Crippen molar-refractivity contribution in [3.63, 3.8) is 0 Å². The second-order valence-corrected chi connectivity index (χ2v) is 20.1. The number of rotatable bonds is 5. The summed E-state index contributed by atoms with van der Waals surface area (Å²) in [6.07, 6.45) is 1.89. The number of para-hydroxylation sites is 3. The van der Waals surface area contributed by atoms with E-state index in [0.717, 1.165) is 39.2 Å². The standard InChI is InChI=1S/C27H19N2S.C18H24NSi.Ir/c1-17-9-7-10-18(2)25(17)29-23-15-5-4-14-22(23)28-27(29)21-13-8-12-20-19-11-3-6-16-24(19)30-26(20)21;1-13(2)16-11-17(15-9-7-14(3)8-10-15)19-12-18(16)20(4,5)6;/h3-12,14-16H,1-2H3;7-9,11-13H,1-6H3;/q2*-1;/i;3D3,13D;. The zero-order chi connectivity index (χ0) is 38.6. The third-order valence-corrected chi connectivity index (χ3v) is 12.3. The van der Waals surface area contributed by atoms with E-state index in [4.69, 9.17) is 10.5 Å². The summed E-state index contributed by atoms with van der Waals surface area (Å²) < 4.78 is 35.6. The van der Waals surface area contributed by atoms with E-state index in [0.29, 0.717) is 0 Å². The predicted molar refractivity (Wildman–Crippen MR) is 218 cm³/mol. The fourth-order valence-corrected chi connectivity index (χ4v) is 9.41. The molecule has 0 fully saturated rings. The van der Waals surface area contributed by atoms with Crippen LogP contribution in [0.15, 0.2) is 109 Å².